The summed E-state index contributed by atoms with van der Waals surface area (Å²) in [5, 5.41) is 10.9. The third-order valence-corrected chi connectivity index (χ3v) is 6.23. The molecule has 0 radical (unpaired) electrons. The van der Waals surface area contributed by atoms with E-state index in [1.807, 2.05) is 92.1 Å². The molecule has 0 saturated carbocycles. The Morgan fingerprint density at radius 2 is 1.82 bits per heavy atom. The first-order valence-corrected chi connectivity index (χ1v) is 12.5. The molecule has 0 saturated heterocycles. The molecule has 1 atom stereocenters. The van der Waals surface area contributed by atoms with Gasteiger partial charge in [-0.25, -0.2) is 4.98 Å². The number of pyridine rings is 1. The Labute approximate surface area is 220 Å². The molecule has 1 N–H and O–H groups in total. The second-order valence-corrected chi connectivity index (χ2v) is 9.55. The Bertz CT molecular complexity index is 1590. The zero-order valence-electron chi connectivity index (χ0n) is 21.5. The molecule has 192 valence electrons. The van der Waals surface area contributed by atoms with Gasteiger partial charge in [-0.05, 0) is 42.7 Å². The van der Waals surface area contributed by atoms with E-state index in [0.29, 0.717) is 23.8 Å². The Balaban J connectivity index is 1.35. The summed E-state index contributed by atoms with van der Waals surface area (Å²) >= 11 is 0. The van der Waals surface area contributed by atoms with Gasteiger partial charge in [0, 0.05) is 6.20 Å². The van der Waals surface area contributed by atoms with Gasteiger partial charge >= 0.3 is 0 Å². The van der Waals surface area contributed by atoms with E-state index >= 15 is 0 Å². The van der Waals surface area contributed by atoms with Crippen LogP contribution in [0, 0.1) is 12.8 Å². The fraction of sp³-hybridized carbons (Fsp3) is 0.241. The summed E-state index contributed by atoms with van der Waals surface area (Å²) in [5.41, 5.74) is 4.34. The summed E-state index contributed by atoms with van der Waals surface area (Å²) in [5.74, 6) is -0.152. The number of fused-ring (bicyclic) bond motifs is 1. The van der Waals surface area contributed by atoms with Gasteiger partial charge in [0.25, 0.3) is 5.89 Å². The van der Waals surface area contributed by atoms with Gasteiger partial charge in [0.15, 0.2) is 5.82 Å². The zero-order chi connectivity index (χ0) is 26.6. The van der Waals surface area contributed by atoms with Crippen LogP contribution in [0.3, 0.4) is 0 Å². The highest BCUT2D eigenvalue weighted by molar-refractivity contribution is 5.98. The van der Waals surface area contributed by atoms with Crippen molar-refractivity contribution in [3.63, 3.8) is 0 Å². The van der Waals surface area contributed by atoms with Crippen LogP contribution in [0.25, 0.3) is 22.6 Å². The van der Waals surface area contributed by atoms with Crippen molar-refractivity contribution in [2.75, 3.05) is 0 Å². The number of rotatable bonds is 9. The molecule has 3 aromatic heterocycles. The summed E-state index contributed by atoms with van der Waals surface area (Å²) in [4.78, 5) is 35.7. The Kier molecular flexibility index (Phi) is 7.08. The van der Waals surface area contributed by atoms with E-state index in [9.17, 15) is 9.59 Å². The van der Waals surface area contributed by atoms with Crippen LogP contribution in [-0.4, -0.2) is 42.5 Å². The third kappa shape index (κ3) is 5.36. The number of Topliss-reactive ketones (excluding diaryl/α,β-unsaturated/α-hetero) is 1. The standard InChI is InChI=1S/C29H28N6O3/c1-18(2)26(27(37)29-34-33-25(38-29)16-20-10-8-9-19(3)15-20)32-24(36)17-35-23-13-5-4-11-21(23)31-28(35)22-12-6-7-14-30-22/h4-15,18,26H,16-17H2,1-3H3,(H,32,36). The lowest BCUT2D eigenvalue weighted by molar-refractivity contribution is -0.122. The van der Waals surface area contributed by atoms with Crippen molar-refractivity contribution < 1.29 is 14.0 Å². The molecule has 2 aromatic carbocycles. The average molecular weight is 509 g/mol. The Hall–Kier alpha value is -4.66. The largest absolute Gasteiger partial charge is 0.418 e. The number of hydrogen-bond donors (Lipinski definition) is 1. The molecule has 1 amide bonds. The number of aryl methyl sites for hydroxylation is 1. The maximum atomic E-state index is 13.3. The van der Waals surface area contributed by atoms with Gasteiger partial charge in [-0.2, -0.15) is 0 Å². The summed E-state index contributed by atoms with van der Waals surface area (Å²) in [7, 11) is 0. The Morgan fingerprint density at radius 3 is 2.58 bits per heavy atom. The number of imidazole rings is 1. The van der Waals surface area contributed by atoms with Crippen molar-refractivity contribution >= 4 is 22.7 Å². The van der Waals surface area contributed by atoms with Crippen LogP contribution in [0.15, 0.2) is 77.3 Å². The van der Waals surface area contributed by atoms with Crippen molar-refractivity contribution in [3.05, 3.63) is 95.8 Å². The van der Waals surface area contributed by atoms with Crippen LogP contribution >= 0.6 is 0 Å². The normalized spacial score (nSPS) is 12.1. The topological polar surface area (TPSA) is 116 Å². The highest BCUT2D eigenvalue weighted by atomic mass is 16.4. The lowest BCUT2D eigenvalue weighted by Gasteiger charge is -2.20. The fourth-order valence-corrected chi connectivity index (χ4v) is 4.38. The SMILES string of the molecule is Cc1cccc(Cc2nnc(C(=O)C(NC(=O)Cn3c(-c4ccccn4)nc4ccccc43)C(C)C)o2)c1. The van der Waals surface area contributed by atoms with Gasteiger partial charge in [0.1, 0.15) is 12.2 Å². The van der Waals surface area contributed by atoms with Gasteiger partial charge in [0.05, 0.1) is 23.5 Å². The number of nitrogens with one attached hydrogen (secondary N) is 1. The average Bonchev–Trinajstić information content (AvgIpc) is 3.52. The molecular formula is C29H28N6O3. The molecule has 1 unspecified atom stereocenters. The lowest BCUT2D eigenvalue weighted by Crippen LogP contribution is -2.45. The van der Waals surface area contributed by atoms with E-state index in [2.05, 4.69) is 20.5 Å². The van der Waals surface area contributed by atoms with Crippen LogP contribution in [0.2, 0.25) is 0 Å². The quantitative estimate of drug-likeness (QED) is 0.293. The van der Waals surface area contributed by atoms with Gasteiger partial charge in [-0.15, -0.1) is 10.2 Å². The second kappa shape index (κ2) is 10.8. The number of nitrogens with zero attached hydrogens (tertiary/aromatic N) is 5. The van der Waals surface area contributed by atoms with Gasteiger partial charge in [-0.3, -0.25) is 14.6 Å². The number of amides is 1. The van der Waals surface area contributed by atoms with Crippen molar-refractivity contribution in [1.82, 2.24) is 30.0 Å². The number of carbonyl (C=O) groups is 2. The van der Waals surface area contributed by atoms with E-state index in [-0.39, 0.29) is 24.3 Å². The van der Waals surface area contributed by atoms with E-state index in [4.69, 9.17) is 9.40 Å². The summed E-state index contributed by atoms with van der Waals surface area (Å²) in [6, 6.07) is 20.3. The second-order valence-electron chi connectivity index (χ2n) is 9.55. The summed E-state index contributed by atoms with van der Waals surface area (Å²) < 4.78 is 7.50. The van der Waals surface area contributed by atoms with Gasteiger partial charge in [-0.1, -0.05) is 61.9 Å². The zero-order valence-corrected chi connectivity index (χ0v) is 21.5. The maximum Gasteiger partial charge on any atom is 0.286 e. The summed E-state index contributed by atoms with van der Waals surface area (Å²) in [6.45, 7) is 5.69. The first kappa shape index (κ1) is 25.0. The molecule has 0 aliphatic carbocycles. The molecule has 0 fully saturated rings. The van der Waals surface area contributed by atoms with E-state index in [1.54, 1.807) is 6.20 Å². The van der Waals surface area contributed by atoms with Crippen molar-refractivity contribution in [1.29, 1.82) is 0 Å². The van der Waals surface area contributed by atoms with Crippen LogP contribution in [0.5, 0.6) is 0 Å². The Morgan fingerprint density at radius 1 is 1.00 bits per heavy atom. The molecular weight excluding hydrogens is 480 g/mol. The van der Waals surface area contributed by atoms with E-state index < -0.39 is 11.8 Å². The molecule has 5 aromatic rings. The number of benzene rings is 2. The van der Waals surface area contributed by atoms with Crippen molar-refractivity contribution in [3.8, 4) is 11.5 Å². The first-order chi connectivity index (χ1) is 18.4. The lowest BCUT2D eigenvalue weighted by atomic mass is 9.99. The van der Waals surface area contributed by atoms with E-state index in [1.165, 1.54) is 0 Å². The smallest absolute Gasteiger partial charge is 0.286 e. The molecule has 0 spiro atoms. The molecule has 9 nitrogen and oxygen atoms in total. The predicted molar refractivity (Wildman–Crippen MR) is 142 cm³/mol. The predicted octanol–water partition coefficient (Wildman–Crippen LogP) is 4.40. The number of para-hydroxylation sites is 2. The monoisotopic (exact) mass is 508 g/mol. The minimum atomic E-state index is -0.831. The number of ketones is 1. The molecule has 0 aliphatic heterocycles. The number of hydrogen-bond acceptors (Lipinski definition) is 7. The molecule has 9 heteroatoms. The minimum absolute atomic E-state index is 0.0363. The first-order valence-electron chi connectivity index (χ1n) is 12.5. The minimum Gasteiger partial charge on any atom is -0.418 e. The molecule has 38 heavy (non-hydrogen) atoms. The maximum absolute atomic E-state index is 13.3. The molecule has 0 bridgehead atoms. The number of aromatic nitrogens is 5. The van der Waals surface area contributed by atoms with Crippen LogP contribution in [0.1, 0.15) is 41.6 Å². The van der Waals surface area contributed by atoms with Gasteiger partial charge < -0.3 is 14.3 Å². The van der Waals surface area contributed by atoms with Crippen molar-refractivity contribution in [2.24, 2.45) is 5.92 Å². The van der Waals surface area contributed by atoms with E-state index in [0.717, 1.165) is 22.2 Å². The van der Waals surface area contributed by atoms with Crippen LogP contribution in [0.4, 0.5) is 0 Å². The molecule has 5 rings (SSSR count). The molecule has 0 aliphatic rings. The number of carbonyl (C=O) groups excluding carboxylic acids is 2. The highest BCUT2D eigenvalue weighted by Crippen LogP contribution is 2.23. The molecule has 3 heterocycles. The van der Waals surface area contributed by atoms with Gasteiger partial charge in [0.2, 0.25) is 17.6 Å². The van der Waals surface area contributed by atoms with Crippen LogP contribution < -0.4 is 5.32 Å². The fourth-order valence-electron chi connectivity index (χ4n) is 4.38. The highest BCUT2D eigenvalue weighted by Gasteiger charge is 2.30. The summed E-state index contributed by atoms with van der Waals surface area (Å²) in [6.07, 6.45) is 2.11. The van der Waals surface area contributed by atoms with Crippen molar-refractivity contribution in [2.45, 2.75) is 39.8 Å². The third-order valence-electron chi connectivity index (χ3n) is 6.23. The van der Waals surface area contributed by atoms with Crippen LogP contribution in [-0.2, 0) is 17.8 Å².